The second-order valence-corrected chi connectivity index (χ2v) is 4.54. The molecule has 4 heteroatoms. The standard InChI is InChI=1S/C13H16N2OS/c1-10(14-7-11-8-17-9-15-11)12-5-3-4-6-13(12)16-2/h3-6,8-10,14H,7H2,1-2H3/t10-/m0/s1. The highest BCUT2D eigenvalue weighted by molar-refractivity contribution is 7.07. The van der Waals surface area contributed by atoms with Crippen molar-refractivity contribution in [2.24, 2.45) is 0 Å². The molecule has 1 atom stereocenters. The zero-order valence-corrected chi connectivity index (χ0v) is 10.8. The SMILES string of the molecule is COc1ccccc1[C@H](C)NCc1cscn1. The Morgan fingerprint density at radius 2 is 2.24 bits per heavy atom. The first-order chi connectivity index (χ1) is 8.31. The van der Waals surface area contributed by atoms with Crippen LogP contribution in [0, 0.1) is 0 Å². The molecule has 2 aromatic rings. The van der Waals surface area contributed by atoms with Gasteiger partial charge in [-0.3, -0.25) is 0 Å². The zero-order valence-electron chi connectivity index (χ0n) is 10.0. The number of thiazole rings is 1. The van der Waals surface area contributed by atoms with Crippen LogP contribution in [0.1, 0.15) is 24.2 Å². The Bertz CT molecular complexity index is 456. The number of hydrogen-bond acceptors (Lipinski definition) is 4. The van der Waals surface area contributed by atoms with E-state index in [-0.39, 0.29) is 6.04 Å². The number of rotatable bonds is 5. The molecule has 0 saturated carbocycles. The summed E-state index contributed by atoms with van der Waals surface area (Å²) in [6.45, 7) is 2.91. The summed E-state index contributed by atoms with van der Waals surface area (Å²) >= 11 is 1.62. The maximum Gasteiger partial charge on any atom is 0.123 e. The van der Waals surface area contributed by atoms with Crippen LogP contribution < -0.4 is 10.1 Å². The van der Waals surface area contributed by atoms with E-state index in [0.29, 0.717) is 0 Å². The maximum absolute atomic E-state index is 5.35. The normalized spacial score (nSPS) is 12.4. The van der Waals surface area contributed by atoms with Gasteiger partial charge in [0.1, 0.15) is 5.75 Å². The maximum atomic E-state index is 5.35. The van der Waals surface area contributed by atoms with Gasteiger partial charge in [-0.2, -0.15) is 0 Å². The number of hydrogen-bond donors (Lipinski definition) is 1. The molecule has 0 unspecified atom stereocenters. The molecular weight excluding hydrogens is 232 g/mol. The summed E-state index contributed by atoms with van der Waals surface area (Å²) in [7, 11) is 1.70. The fraction of sp³-hybridized carbons (Fsp3) is 0.308. The molecule has 1 aromatic heterocycles. The van der Waals surface area contributed by atoms with Crippen LogP contribution in [-0.2, 0) is 6.54 Å². The lowest BCUT2D eigenvalue weighted by molar-refractivity contribution is 0.401. The summed E-state index contributed by atoms with van der Waals surface area (Å²) in [5.41, 5.74) is 4.10. The summed E-state index contributed by atoms with van der Waals surface area (Å²) in [6.07, 6.45) is 0. The van der Waals surface area contributed by atoms with Crippen LogP contribution in [0.5, 0.6) is 5.75 Å². The average Bonchev–Trinajstić information content (AvgIpc) is 2.89. The van der Waals surface area contributed by atoms with Crippen molar-refractivity contribution in [1.82, 2.24) is 10.3 Å². The zero-order chi connectivity index (χ0) is 12.1. The molecule has 17 heavy (non-hydrogen) atoms. The number of methoxy groups -OCH3 is 1. The van der Waals surface area contributed by atoms with E-state index in [0.717, 1.165) is 18.0 Å². The van der Waals surface area contributed by atoms with E-state index in [1.165, 1.54) is 5.56 Å². The number of nitrogens with zero attached hydrogens (tertiary/aromatic N) is 1. The van der Waals surface area contributed by atoms with E-state index in [1.807, 2.05) is 23.7 Å². The van der Waals surface area contributed by atoms with Crippen molar-refractivity contribution >= 4 is 11.3 Å². The molecule has 1 N–H and O–H groups in total. The van der Waals surface area contributed by atoms with Gasteiger partial charge in [0.05, 0.1) is 18.3 Å². The molecule has 0 aliphatic rings. The predicted molar refractivity (Wildman–Crippen MR) is 70.4 cm³/mol. The molecule has 90 valence electrons. The van der Waals surface area contributed by atoms with Crippen molar-refractivity contribution in [3.05, 3.63) is 46.4 Å². The largest absolute Gasteiger partial charge is 0.496 e. The van der Waals surface area contributed by atoms with Gasteiger partial charge in [-0.25, -0.2) is 4.98 Å². The lowest BCUT2D eigenvalue weighted by Gasteiger charge is -2.16. The topological polar surface area (TPSA) is 34.1 Å². The molecule has 1 heterocycles. The van der Waals surface area contributed by atoms with E-state index < -0.39 is 0 Å². The summed E-state index contributed by atoms with van der Waals surface area (Å²) < 4.78 is 5.35. The minimum absolute atomic E-state index is 0.243. The fourth-order valence-corrected chi connectivity index (χ4v) is 2.27. The van der Waals surface area contributed by atoms with Gasteiger partial charge in [0.25, 0.3) is 0 Å². The van der Waals surface area contributed by atoms with Crippen molar-refractivity contribution in [2.45, 2.75) is 19.5 Å². The van der Waals surface area contributed by atoms with Gasteiger partial charge in [-0.1, -0.05) is 18.2 Å². The fourth-order valence-electron chi connectivity index (χ4n) is 1.72. The molecule has 0 saturated heterocycles. The average molecular weight is 248 g/mol. The third-order valence-electron chi connectivity index (χ3n) is 2.68. The lowest BCUT2D eigenvalue weighted by atomic mass is 10.1. The lowest BCUT2D eigenvalue weighted by Crippen LogP contribution is -2.18. The quantitative estimate of drug-likeness (QED) is 0.883. The number of aromatic nitrogens is 1. The smallest absolute Gasteiger partial charge is 0.123 e. The first-order valence-corrected chi connectivity index (χ1v) is 6.49. The molecule has 0 radical (unpaired) electrons. The van der Waals surface area contributed by atoms with Crippen LogP contribution >= 0.6 is 11.3 Å². The second-order valence-electron chi connectivity index (χ2n) is 3.82. The van der Waals surface area contributed by atoms with Crippen LogP contribution in [0.3, 0.4) is 0 Å². The molecule has 0 spiro atoms. The summed E-state index contributed by atoms with van der Waals surface area (Å²) in [5.74, 6) is 0.922. The van der Waals surface area contributed by atoms with E-state index >= 15 is 0 Å². The Hall–Kier alpha value is -1.39. The Kier molecular flexibility index (Phi) is 4.12. The number of benzene rings is 1. The van der Waals surface area contributed by atoms with Crippen molar-refractivity contribution in [1.29, 1.82) is 0 Å². The molecule has 0 fully saturated rings. The van der Waals surface area contributed by atoms with Gasteiger partial charge in [0.2, 0.25) is 0 Å². The Morgan fingerprint density at radius 3 is 2.94 bits per heavy atom. The first-order valence-electron chi connectivity index (χ1n) is 5.54. The van der Waals surface area contributed by atoms with Crippen molar-refractivity contribution in [3.63, 3.8) is 0 Å². The van der Waals surface area contributed by atoms with Gasteiger partial charge in [0.15, 0.2) is 0 Å². The highest BCUT2D eigenvalue weighted by atomic mass is 32.1. The molecule has 1 aromatic carbocycles. The number of para-hydroxylation sites is 1. The number of ether oxygens (including phenoxy) is 1. The van der Waals surface area contributed by atoms with Gasteiger partial charge < -0.3 is 10.1 Å². The van der Waals surface area contributed by atoms with Crippen molar-refractivity contribution in [2.75, 3.05) is 7.11 Å². The van der Waals surface area contributed by atoms with Crippen LogP contribution in [0.2, 0.25) is 0 Å². The molecule has 3 nitrogen and oxygen atoms in total. The minimum Gasteiger partial charge on any atom is -0.496 e. The molecule has 0 aliphatic carbocycles. The first kappa shape index (κ1) is 12.1. The summed E-state index contributed by atoms with van der Waals surface area (Å²) in [6, 6.07) is 8.32. The van der Waals surface area contributed by atoms with Crippen LogP contribution in [0.15, 0.2) is 35.2 Å². The molecule has 0 amide bonds. The van der Waals surface area contributed by atoms with Crippen LogP contribution in [0.4, 0.5) is 0 Å². The third-order valence-corrected chi connectivity index (χ3v) is 3.31. The van der Waals surface area contributed by atoms with Gasteiger partial charge >= 0.3 is 0 Å². The van der Waals surface area contributed by atoms with E-state index in [4.69, 9.17) is 4.74 Å². The van der Waals surface area contributed by atoms with Crippen LogP contribution in [-0.4, -0.2) is 12.1 Å². The predicted octanol–water partition coefficient (Wildman–Crippen LogP) is 3.00. The van der Waals surface area contributed by atoms with Crippen LogP contribution in [0.25, 0.3) is 0 Å². The third kappa shape index (κ3) is 3.05. The molecule has 0 bridgehead atoms. The summed E-state index contributed by atoms with van der Waals surface area (Å²) in [4.78, 5) is 4.25. The Morgan fingerprint density at radius 1 is 1.41 bits per heavy atom. The monoisotopic (exact) mass is 248 g/mol. The van der Waals surface area contributed by atoms with E-state index in [9.17, 15) is 0 Å². The minimum atomic E-state index is 0.243. The molecule has 2 rings (SSSR count). The Labute approximate surface area is 105 Å². The van der Waals surface area contributed by atoms with Gasteiger partial charge in [-0.15, -0.1) is 11.3 Å². The molecule has 0 aliphatic heterocycles. The van der Waals surface area contributed by atoms with E-state index in [2.05, 4.69) is 28.7 Å². The Balaban J connectivity index is 2.01. The highest BCUT2D eigenvalue weighted by Gasteiger charge is 2.10. The molecular formula is C13H16N2OS. The van der Waals surface area contributed by atoms with Gasteiger partial charge in [-0.05, 0) is 13.0 Å². The van der Waals surface area contributed by atoms with Gasteiger partial charge in [0, 0.05) is 23.5 Å². The summed E-state index contributed by atoms with van der Waals surface area (Å²) in [5, 5.41) is 5.50. The van der Waals surface area contributed by atoms with Crippen molar-refractivity contribution < 1.29 is 4.74 Å². The highest BCUT2D eigenvalue weighted by Crippen LogP contribution is 2.24. The van der Waals surface area contributed by atoms with E-state index in [1.54, 1.807) is 18.4 Å². The van der Waals surface area contributed by atoms with Crippen molar-refractivity contribution in [3.8, 4) is 5.75 Å². The number of nitrogens with one attached hydrogen (secondary N) is 1. The second kappa shape index (κ2) is 5.80.